The lowest BCUT2D eigenvalue weighted by Gasteiger charge is -2.32. The smallest absolute Gasteiger partial charge is 0.123 e. The first kappa shape index (κ1) is 16.5. The third-order valence-corrected chi connectivity index (χ3v) is 4.98. The summed E-state index contributed by atoms with van der Waals surface area (Å²) >= 11 is 0. The van der Waals surface area contributed by atoms with Crippen molar-refractivity contribution in [3.8, 4) is 0 Å². The average molecular weight is 291 g/mol. The Labute approximate surface area is 129 Å². The van der Waals surface area contributed by atoms with E-state index < -0.39 is 0 Å². The zero-order chi connectivity index (χ0) is 15.1. The van der Waals surface area contributed by atoms with Crippen LogP contribution in [0.4, 0.5) is 4.39 Å². The Morgan fingerprint density at radius 2 is 1.76 bits per heavy atom. The minimum Gasteiger partial charge on any atom is -0.307 e. The molecule has 1 N–H and O–H groups in total. The molecule has 1 unspecified atom stereocenters. The van der Waals surface area contributed by atoms with Gasteiger partial charge in [0.1, 0.15) is 5.82 Å². The summed E-state index contributed by atoms with van der Waals surface area (Å²) < 4.78 is 13.1. The van der Waals surface area contributed by atoms with Crippen molar-refractivity contribution in [1.82, 2.24) is 5.32 Å². The summed E-state index contributed by atoms with van der Waals surface area (Å²) in [5.41, 5.74) is 1.24. The number of hydrogen-bond acceptors (Lipinski definition) is 1. The van der Waals surface area contributed by atoms with Gasteiger partial charge in [-0.05, 0) is 55.7 Å². The average Bonchev–Trinajstić information content (AvgIpc) is 2.53. The Morgan fingerprint density at radius 1 is 1.10 bits per heavy atom. The molecule has 21 heavy (non-hydrogen) atoms. The van der Waals surface area contributed by atoms with Gasteiger partial charge in [-0.15, -0.1) is 0 Å². The Kier molecular flexibility index (Phi) is 6.69. The molecule has 2 heteroatoms. The van der Waals surface area contributed by atoms with E-state index in [1.807, 2.05) is 12.1 Å². The summed E-state index contributed by atoms with van der Waals surface area (Å²) in [4.78, 5) is 0. The molecule has 1 saturated carbocycles. The quantitative estimate of drug-likeness (QED) is 0.688. The van der Waals surface area contributed by atoms with Gasteiger partial charge in [0.2, 0.25) is 0 Å². The second-order valence-corrected chi connectivity index (χ2v) is 6.54. The molecule has 1 aliphatic rings. The van der Waals surface area contributed by atoms with Crippen LogP contribution in [-0.4, -0.2) is 6.04 Å². The topological polar surface area (TPSA) is 12.0 Å². The molecule has 0 saturated heterocycles. The van der Waals surface area contributed by atoms with E-state index >= 15 is 0 Å². The SMILES string of the molecule is CCCCC(NC1CCC(CC)CC1)c1ccc(F)cc1. The van der Waals surface area contributed by atoms with Crippen LogP contribution < -0.4 is 5.32 Å². The second-order valence-electron chi connectivity index (χ2n) is 6.54. The van der Waals surface area contributed by atoms with Crippen LogP contribution in [0.15, 0.2) is 24.3 Å². The van der Waals surface area contributed by atoms with E-state index in [1.54, 1.807) is 12.1 Å². The van der Waals surface area contributed by atoms with Crippen molar-refractivity contribution in [3.63, 3.8) is 0 Å². The van der Waals surface area contributed by atoms with Gasteiger partial charge in [-0.1, -0.05) is 45.2 Å². The van der Waals surface area contributed by atoms with E-state index in [9.17, 15) is 4.39 Å². The summed E-state index contributed by atoms with van der Waals surface area (Å²) in [6.07, 6.45) is 10.2. The Morgan fingerprint density at radius 3 is 2.33 bits per heavy atom. The van der Waals surface area contributed by atoms with E-state index in [4.69, 9.17) is 0 Å². The highest BCUT2D eigenvalue weighted by Crippen LogP contribution is 2.29. The zero-order valence-electron chi connectivity index (χ0n) is 13.6. The fraction of sp³-hybridized carbons (Fsp3) is 0.684. The fourth-order valence-electron chi connectivity index (χ4n) is 3.47. The molecular weight excluding hydrogens is 261 g/mol. The molecule has 1 atom stereocenters. The van der Waals surface area contributed by atoms with Crippen molar-refractivity contribution in [2.45, 2.75) is 77.3 Å². The van der Waals surface area contributed by atoms with Crippen molar-refractivity contribution < 1.29 is 4.39 Å². The van der Waals surface area contributed by atoms with Crippen LogP contribution in [0.25, 0.3) is 0 Å². The van der Waals surface area contributed by atoms with Gasteiger partial charge in [0.25, 0.3) is 0 Å². The van der Waals surface area contributed by atoms with Gasteiger partial charge in [0.05, 0.1) is 0 Å². The molecule has 2 rings (SSSR count). The van der Waals surface area contributed by atoms with Crippen LogP contribution in [0.2, 0.25) is 0 Å². The third kappa shape index (κ3) is 5.10. The lowest BCUT2D eigenvalue weighted by molar-refractivity contribution is 0.264. The van der Waals surface area contributed by atoms with Crippen LogP contribution >= 0.6 is 0 Å². The van der Waals surface area contributed by atoms with Gasteiger partial charge < -0.3 is 5.32 Å². The molecule has 0 heterocycles. The summed E-state index contributed by atoms with van der Waals surface area (Å²) in [6.45, 7) is 4.54. The lowest BCUT2D eigenvalue weighted by Crippen LogP contribution is -2.36. The molecule has 1 aromatic rings. The molecular formula is C19H30FN. The highest BCUT2D eigenvalue weighted by molar-refractivity contribution is 5.20. The monoisotopic (exact) mass is 291 g/mol. The van der Waals surface area contributed by atoms with Crippen LogP contribution in [-0.2, 0) is 0 Å². The first-order chi connectivity index (χ1) is 10.2. The number of halogens is 1. The van der Waals surface area contributed by atoms with Crippen molar-refractivity contribution in [3.05, 3.63) is 35.6 Å². The molecule has 1 aromatic carbocycles. The molecule has 0 amide bonds. The van der Waals surface area contributed by atoms with Crippen LogP contribution in [0.3, 0.4) is 0 Å². The largest absolute Gasteiger partial charge is 0.307 e. The van der Waals surface area contributed by atoms with Gasteiger partial charge in [0, 0.05) is 12.1 Å². The van der Waals surface area contributed by atoms with E-state index in [0.717, 1.165) is 12.3 Å². The van der Waals surface area contributed by atoms with Gasteiger partial charge in [-0.25, -0.2) is 4.39 Å². The lowest BCUT2D eigenvalue weighted by atomic mass is 9.84. The minimum absolute atomic E-state index is 0.142. The van der Waals surface area contributed by atoms with Gasteiger partial charge >= 0.3 is 0 Å². The maximum absolute atomic E-state index is 13.1. The normalized spacial score (nSPS) is 24.0. The van der Waals surface area contributed by atoms with Gasteiger partial charge in [-0.2, -0.15) is 0 Å². The third-order valence-electron chi connectivity index (χ3n) is 4.98. The molecule has 0 aromatic heterocycles. The van der Waals surface area contributed by atoms with Crippen LogP contribution in [0.5, 0.6) is 0 Å². The fourth-order valence-corrected chi connectivity index (χ4v) is 3.47. The van der Waals surface area contributed by atoms with Crippen molar-refractivity contribution in [2.24, 2.45) is 5.92 Å². The summed E-state index contributed by atoms with van der Waals surface area (Å²) in [6, 6.07) is 8.09. The van der Waals surface area contributed by atoms with Gasteiger partial charge in [-0.3, -0.25) is 0 Å². The molecule has 1 fully saturated rings. The van der Waals surface area contributed by atoms with E-state index in [0.29, 0.717) is 12.1 Å². The van der Waals surface area contributed by atoms with Crippen LogP contribution in [0.1, 0.15) is 76.8 Å². The minimum atomic E-state index is -0.142. The standard InChI is InChI=1S/C19H30FN/c1-3-5-6-19(16-9-11-17(20)12-10-16)21-18-13-7-15(4-2)8-14-18/h9-12,15,18-19,21H,3-8,13-14H2,1-2H3. The maximum Gasteiger partial charge on any atom is 0.123 e. The van der Waals surface area contributed by atoms with Gasteiger partial charge in [0.15, 0.2) is 0 Å². The number of benzene rings is 1. The van der Waals surface area contributed by atoms with Crippen molar-refractivity contribution in [2.75, 3.05) is 0 Å². The summed E-state index contributed by atoms with van der Waals surface area (Å²) in [5.74, 6) is 0.791. The van der Waals surface area contributed by atoms with E-state index in [-0.39, 0.29) is 5.82 Å². The number of unbranched alkanes of at least 4 members (excludes halogenated alkanes) is 1. The summed E-state index contributed by atoms with van der Waals surface area (Å²) in [5, 5.41) is 3.85. The van der Waals surface area contributed by atoms with E-state index in [1.165, 1.54) is 50.5 Å². The number of rotatable bonds is 7. The highest BCUT2D eigenvalue weighted by Gasteiger charge is 2.22. The molecule has 118 valence electrons. The summed E-state index contributed by atoms with van der Waals surface area (Å²) in [7, 11) is 0. The van der Waals surface area contributed by atoms with Crippen molar-refractivity contribution in [1.29, 1.82) is 0 Å². The molecule has 1 aliphatic carbocycles. The Balaban J connectivity index is 1.95. The number of hydrogen-bond donors (Lipinski definition) is 1. The van der Waals surface area contributed by atoms with Crippen molar-refractivity contribution >= 4 is 0 Å². The molecule has 0 aliphatic heterocycles. The molecule has 0 radical (unpaired) electrons. The zero-order valence-corrected chi connectivity index (χ0v) is 13.6. The van der Waals surface area contributed by atoms with Crippen LogP contribution in [0, 0.1) is 11.7 Å². The highest BCUT2D eigenvalue weighted by atomic mass is 19.1. The first-order valence-corrected chi connectivity index (χ1v) is 8.74. The Hall–Kier alpha value is -0.890. The second kappa shape index (κ2) is 8.53. The van der Waals surface area contributed by atoms with E-state index in [2.05, 4.69) is 19.2 Å². The molecule has 0 bridgehead atoms. The first-order valence-electron chi connectivity index (χ1n) is 8.74. The molecule has 0 spiro atoms. The predicted molar refractivity (Wildman–Crippen MR) is 87.8 cm³/mol. The predicted octanol–water partition coefficient (Wildman–Crippen LogP) is 5.62. The molecule has 1 nitrogen and oxygen atoms in total. The maximum atomic E-state index is 13.1. The Bertz CT molecular complexity index is 393. The number of nitrogens with one attached hydrogen (secondary N) is 1.